The molecule has 6 heteroatoms. The molecular weight excluding hydrogens is 314 g/mol. The number of thiophene rings is 1. The van der Waals surface area contributed by atoms with Gasteiger partial charge in [0.2, 0.25) is 5.91 Å². The standard InChI is InChI=1S/C17H21NO4S/c19-11-13-10-18(7-8-21-12-13)17(20)6-4-14-3-5-15(22-14)16-2-1-9-23-16/h1-3,5,9,13,19H,4,6-8,10-12H2/t13-/m0/s1. The van der Waals surface area contributed by atoms with Gasteiger partial charge >= 0.3 is 0 Å². The average molecular weight is 335 g/mol. The van der Waals surface area contributed by atoms with Gasteiger partial charge in [0.05, 0.1) is 18.1 Å². The van der Waals surface area contributed by atoms with Crippen LogP contribution in [0.4, 0.5) is 0 Å². The summed E-state index contributed by atoms with van der Waals surface area (Å²) in [5.41, 5.74) is 0. The monoisotopic (exact) mass is 335 g/mol. The number of nitrogens with zero attached hydrogens (tertiary/aromatic N) is 1. The van der Waals surface area contributed by atoms with Crippen LogP contribution in [0.1, 0.15) is 12.2 Å². The molecule has 5 nitrogen and oxygen atoms in total. The highest BCUT2D eigenvalue weighted by Crippen LogP contribution is 2.27. The predicted molar refractivity (Wildman–Crippen MR) is 88.3 cm³/mol. The van der Waals surface area contributed by atoms with Crippen LogP contribution in [0.25, 0.3) is 10.6 Å². The van der Waals surface area contributed by atoms with Crippen LogP contribution in [-0.4, -0.2) is 48.8 Å². The van der Waals surface area contributed by atoms with Gasteiger partial charge in [0.1, 0.15) is 11.5 Å². The number of hydrogen-bond donors (Lipinski definition) is 1. The molecule has 0 aliphatic carbocycles. The third-order valence-corrected chi connectivity index (χ3v) is 4.84. The van der Waals surface area contributed by atoms with Crippen molar-refractivity contribution in [2.24, 2.45) is 5.92 Å². The molecule has 0 spiro atoms. The first-order valence-corrected chi connectivity index (χ1v) is 8.73. The average Bonchev–Trinajstić information content (AvgIpc) is 3.19. The van der Waals surface area contributed by atoms with E-state index in [9.17, 15) is 9.90 Å². The normalized spacial score (nSPS) is 18.8. The summed E-state index contributed by atoms with van der Waals surface area (Å²) in [6, 6.07) is 7.90. The van der Waals surface area contributed by atoms with Crippen molar-refractivity contribution < 1.29 is 19.1 Å². The number of ether oxygens (including phenoxy) is 1. The number of hydrogen-bond acceptors (Lipinski definition) is 5. The van der Waals surface area contributed by atoms with Gasteiger partial charge in [-0.1, -0.05) is 6.07 Å². The minimum Gasteiger partial charge on any atom is -0.460 e. The summed E-state index contributed by atoms with van der Waals surface area (Å²) in [7, 11) is 0. The molecule has 124 valence electrons. The topological polar surface area (TPSA) is 62.9 Å². The molecule has 0 aromatic carbocycles. The fourth-order valence-electron chi connectivity index (χ4n) is 2.67. The van der Waals surface area contributed by atoms with Crippen LogP contribution in [0.5, 0.6) is 0 Å². The summed E-state index contributed by atoms with van der Waals surface area (Å²) in [6.45, 7) is 2.25. The number of amides is 1. The molecule has 1 fully saturated rings. The molecule has 1 aliphatic rings. The van der Waals surface area contributed by atoms with Crippen LogP contribution in [-0.2, 0) is 16.0 Å². The lowest BCUT2D eigenvalue weighted by Gasteiger charge is -2.22. The maximum atomic E-state index is 12.4. The maximum Gasteiger partial charge on any atom is 0.223 e. The van der Waals surface area contributed by atoms with Gasteiger partial charge in [-0.15, -0.1) is 11.3 Å². The van der Waals surface area contributed by atoms with E-state index in [1.807, 2.05) is 29.6 Å². The van der Waals surface area contributed by atoms with E-state index < -0.39 is 0 Å². The lowest BCUT2D eigenvalue weighted by atomic mass is 10.1. The van der Waals surface area contributed by atoms with Gasteiger partial charge in [-0.05, 0) is 23.6 Å². The van der Waals surface area contributed by atoms with E-state index in [-0.39, 0.29) is 18.4 Å². The van der Waals surface area contributed by atoms with Crippen molar-refractivity contribution in [2.45, 2.75) is 12.8 Å². The Bertz CT molecular complexity index is 622. The van der Waals surface area contributed by atoms with E-state index in [2.05, 4.69) is 0 Å². The summed E-state index contributed by atoms with van der Waals surface area (Å²) in [5.74, 6) is 1.77. The number of carbonyl (C=O) groups excluding carboxylic acids is 1. The first kappa shape index (κ1) is 16.2. The molecule has 3 heterocycles. The lowest BCUT2D eigenvalue weighted by molar-refractivity contribution is -0.131. The molecule has 3 rings (SSSR count). The summed E-state index contributed by atoms with van der Waals surface area (Å²) >= 11 is 1.64. The van der Waals surface area contributed by atoms with E-state index in [1.54, 1.807) is 16.2 Å². The van der Waals surface area contributed by atoms with Gasteiger partial charge in [-0.3, -0.25) is 4.79 Å². The first-order valence-electron chi connectivity index (χ1n) is 7.85. The minimum absolute atomic E-state index is 0.00972. The Morgan fingerprint density at radius 2 is 2.30 bits per heavy atom. The second-order valence-electron chi connectivity index (χ2n) is 5.71. The quantitative estimate of drug-likeness (QED) is 0.911. The fraction of sp³-hybridized carbons (Fsp3) is 0.471. The summed E-state index contributed by atoms with van der Waals surface area (Å²) in [6.07, 6.45) is 1.00. The van der Waals surface area contributed by atoms with Gasteiger partial charge in [0.15, 0.2) is 0 Å². The molecule has 1 amide bonds. The Kier molecular flexibility index (Phi) is 5.48. The molecule has 2 aromatic rings. The third kappa shape index (κ3) is 4.22. The van der Waals surface area contributed by atoms with Crippen molar-refractivity contribution in [3.05, 3.63) is 35.4 Å². The van der Waals surface area contributed by atoms with Gasteiger partial charge < -0.3 is 19.2 Å². The fourth-order valence-corrected chi connectivity index (χ4v) is 3.36. The summed E-state index contributed by atoms with van der Waals surface area (Å²) < 4.78 is 11.2. The molecule has 0 unspecified atom stereocenters. The molecule has 1 saturated heterocycles. The Morgan fingerprint density at radius 1 is 1.39 bits per heavy atom. The number of aliphatic hydroxyl groups excluding tert-OH is 1. The van der Waals surface area contributed by atoms with Crippen molar-refractivity contribution in [1.82, 2.24) is 4.90 Å². The second kappa shape index (κ2) is 7.77. The zero-order valence-electron chi connectivity index (χ0n) is 12.9. The summed E-state index contributed by atoms with van der Waals surface area (Å²) in [5, 5.41) is 11.3. The van der Waals surface area contributed by atoms with Gasteiger partial charge in [0, 0.05) is 38.5 Å². The van der Waals surface area contributed by atoms with Crippen LogP contribution in [0.2, 0.25) is 0 Å². The van der Waals surface area contributed by atoms with Crippen LogP contribution in [0.15, 0.2) is 34.1 Å². The van der Waals surface area contributed by atoms with Crippen LogP contribution >= 0.6 is 11.3 Å². The molecular formula is C17H21NO4S. The van der Waals surface area contributed by atoms with E-state index in [4.69, 9.17) is 9.15 Å². The summed E-state index contributed by atoms with van der Waals surface area (Å²) in [4.78, 5) is 15.3. The van der Waals surface area contributed by atoms with Gasteiger partial charge in [-0.2, -0.15) is 0 Å². The first-order chi connectivity index (χ1) is 11.3. The number of carbonyl (C=O) groups is 1. The van der Waals surface area contributed by atoms with Crippen LogP contribution < -0.4 is 0 Å². The largest absolute Gasteiger partial charge is 0.460 e. The maximum absolute atomic E-state index is 12.4. The van der Waals surface area contributed by atoms with Crippen LogP contribution in [0.3, 0.4) is 0 Å². The highest BCUT2D eigenvalue weighted by molar-refractivity contribution is 7.13. The van der Waals surface area contributed by atoms with Crippen LogP contribution in [0, 0.1) is 5.92 Å². The Balaban J connectivity index is 1.54. The Hall–Kier alpha value is -1.63. The van der Waals surface area contributed by atoms with E-state index in [0.29, 0.717) is 39.1 Å². The highest BCUT2D eigenvalue weighted by Gasteiger charge is 2.22. The molecule has 0 radical (unpaired) electrons. The van der Waals surface area contributed by atoms with Crippen molar-refractivity contribution in [2.75, 3.05) is 32.9 Å². The molecule has 1 atom stereocenters. The Morgan fingerprint density at radius 3 is 3.09 bits per heavy atom. The zero-order chi connectivity index (χ0) is 16.1. The van der Waals surface area contributed by atoms with E-state index in [1.165, 1.54) is 0 Å². The molecule has 2 aromatic heterocycles. The minimum atomic E-state index is 0.00972. The van der Waals surface area contributed by atoms with Crippen molar-refractivity contribution in [3.63, 3.8) is 0 Å². The number of aliphatic hydroxyl groups is 1. The molecule has 0 bridgehead atoms. The van der Waals surface area contributed by atoms with E-state index in [0.717, 1.165) is 16.4 Å². The SMILES string of the molecule is O=C(CCc1ccc(-c2cccs2)o1)N1CCOC[C@H](CO)C1. The van der Waals surface area contributed by atoms with Gasteiger partial charge in [-0.25, -0.2) is 0 Å². The zero-order valence-corrected chi connectivity index (χ0v) is 13.8. The van der Waals surface area contributed by atoms with Crippen molar-refractivity contribution in [3.8, 4) is 10.6 Å². The van der Waals surface area contributed by atoms with Gasteiger partial charge in [0.25, 0.3) is 0 Å². The molecule has 0 saturated carbocycles. The van der Waals surface area contributed by atoms with E-state index >= 15 is 0 Å². The number of furan rings is 1. The molecule has 23 heavy (non-hydrogen) atoms. The number of aryl methyl sites for hydroxylation is 1. The molecule has 1 aliphatic heterocycles. The predicted octanol–water partition coefficient (Wildman–Crippen LogP) is 2.41. The number of rotatable bonds is 5. The second-order valence-corrected chi connectivity index (χ2v) is 6.65. The lowest BCUT2D eigenvalue weighted by Crippen LogP contribution is -2.36. The van der Waals surface area contributed by atoms with Crippen molar-refractivity contribution in [1.29, 1.82) is 0 Å². The highest BCUT2D eigenvalue weighted by atomic mass is 32.1. The Labute approximate surface area is 139 Å². The van der Waals surface area contributed by atoms with Crippen molar-refractivity contribution >= 4 is 17.2 Å². The molecule has 1 N–H and O–H groups in total. The smallest absolute Gasteiger partial charge is 0.223 e. The third-order valence-electron chi connectivity index (χ3n) is 3.96.